The lowest BCUT2D eigenvalue weighted by molar-refractivity contribution is 0.0623. The Balaban J connectivity index is 2.21. The zero-order valence-corrected chi connectivity index (χ0v) is 12.1. The van der Waals surface area contributed by atoms with Crippen LogP contribution in [0, 0.1) is 0 Å². The van der Waals surface area contributed by atoms with Crippen LogP contribution in [0.3, 0.4) is 0 Å². The van der Waals surface area contributed by atoms with Crippen molar-refractivity contribution in [3.8, 4) is 0 Å². The molecule has 0 aromatic carbocycles. The summed E-state index contributed by atoms with van der Waals surface area (Å²) in [6.45, 7) is 4.20. The van der Waals surface area contributed by atoms with Gasteiger partial charge in [-0.25, -0.2) is 0 Å². The van der Waals surface area contributed by atoms with E-state index < -0.39 is 5.60 Å². The second-order valence-electron chi connectivity index (χ2n) is 4.91. The molecule has 2 unspecified atom stereocenters. The molecule has 1 aromatic heterocycles. The second-order valence-corrected chi connectivity index (χ2v) is 6.72. The first-order valence-corrected chi connectivity index (χ1v) is 7.42. The predicted octanol–water partition coefficient (Wildman–Crippen LogP) is 2.43. The van der Waals surface area contributed by atoms with Gasteiger partial charge in [0.2, 0.25) is 0 Å². The zero-order valence-electron chi connectivity index (χ0n) is 10.5. The van der Waals surface area contributed by atoms with Gasteiger partial charge < -0.3 is 5.11 Å². The van der Waals surface area contributed by atoms with Crippen molar-refractivity contribution in [1.29, 1.82) is 0 Å². The molecule has 1 N–H and O–H groups in total. The van der Waals surface area contributed by atoms with E-state index in [2.05, 4.69) is 12.0 Å². The lowest BCUT2D eigenvalue weighted by atomic mass is 9.94. The van der Waals surface area contributed by atoms with E-state index in [1.54, 1.807) is 0 Å². The van der Waals surface area contributed by atoms with E-state index in [9.17, 15) is 5.11 Å². The van der Waals surface area contributed by atoms with Crippen molar-refractivity contribution in [3.05, 3.63) is 16.4 Å². The number of thioether (sulfide) groups is 1. The van der Waals surface area contributed by atoms with Crippen LogP contribution in [0.5, 0.6) is 0 Å². The molecule has 0 amide bonds. The van der Waals surface area contributed by atoms with E-state index in [-0.39, 0.29) is 0 Å². The van der Waals surface area contributed by atoms with Crippen LogP contribution in [-0.2, 0) is 19.9 Å². The number of aromatic nitrogens is 2. The number of aliphatic hydroxyl groups is 1. The summed E-state index contributed by atoms with van der Waals surface area (Å²) < 4.78 is 1.81. The van der Waals surface area contributed by atoms with Gasteiger partial charge >= 0.3 is 0 Å². The van der Waals surface area contributed by atoms with Crippen LogP contribution < -0.4 is 0 Å². The molecule has 1 fully saturated rings. The number of halogens is 1. The molecule has 96 valence electrons. The van der Waals surface area contributed by atoms with E-state index in [1.807, 2.05) is 30.4 Å². The Hall–Kier alpha value is -0.190. The molecule has 1 aliphatic heterocycles. The Morgan fingerprint density at radius 3 is 2.82 bits per heavy atom. The van der Waals surface area contributed by atoms with Gasteiger partial charge in [0.1, 0.15) is 0 Å². The van der Waals surface area contributed by atoms with Gasteiger partial charge in [-0.3, -0.25) is 4.68 Å². The molecule has 2 heterocycles. The van der Waals surface area contributed by atoms with Crippen molar-refractivity contribution in [2.45, 2.75) is 44.0 Å². The molecule has 2 atom stereocenters. The van der Waals surface area contributed by atoms with Crippen molar-refractivity contribution in [1.82, 2.24) is 9.78 Å². The maximum Gasteiger partial charge on any atom is 0.0850 e. The average molecular weight is 275 g/mol. The minimum absolute atomic E-state index is 0.526. The first-order chi connectivity index (χ1) is 7.95. The molecular weight excluding hydrogens is 256 g/mol. The summed E-state index contributed by atoms with van der Waals surface area (Å²) in [7, 11) is 1.90. The van der Waals surface area contributed by atoms with Crippen LogP contribution in [0.4, 0.5) is 0 Å². The molecular formula is C12H19ClN2OS. The van der Waals surface area contributed by atoms with Crippen molar-refractivity contribution < 1.29 is 5.11 Å². The minimum atomic E-state index is -0.619. The van der Waals surface area contributed by atoms with Crippen LogP contribution in [0.2, 0.25) is 5.02 Å². The molecule has 0 aliphatic carbocycles. The third-order valence-corrected chi connectivity index (χ3v) is 5.18. The van der Waals surface area contributed by atoms with Gasteiger partial charge in [-0.05, 0) is 12.8 Å². The lowest BCUT2D eigenvalue weighted by Gasteiger charge is -2.21. The number of rotatable bonds is 3. The highest BCUT2D eigenvalue weighted by molar-refractivity contribution is 8.00. The summed E-state index contributed by atoms with van der Waals surface area (Å²) in [6, 6.07) is 0. The van der Waals surface area contributed by atoms with E-state index in [0.29, 0.717) is 11.7 Å². The molecule has 0 saturated carbocycles. The molecule has 0 bridgehead atoms. The summed E-state index contributed by atoms with van der Waals surface area (Å²) in [5.74, 6) is 0.789. The van der Waals surface area contributed by atoms with Gasteiger partial charge in [-0.2, -0.15) is 16.9 Å². The lowest BCUT2D eigenvalue weighted by Crippen LogP contribution is -2.32. The average Bonchev–Trinajstić information content (AvgIpc) is 2.73. The highest BCUT2D eigenvalue weighted by Gasteiger charge is 2.37. The summed E-state index contributed by atoms with van der Waals surface area (Å²) in [5, 5.41) is 16.2. The van der Waals surface area contributed by atoms with Gasteiger partial charge in [0.05, 0.1) is 22.0 Å². The molecule has 2 rings (SSSR count). The van der Waals surface area contributed by atoms with Crippen LogP contribution >= 0.6 is 23.4 Å². The maximum absolute atomic E-state index is 10.5. The largest absolute Gasteiger partial charge is 0.389 e. The van der Waals surface area contributed by atoms with Crippen LogP contribution in [0.15, 0.2) is 0 Å². The SMILES string of the molecule is CCc1nn(C)c(CC2(O)CSC(C)C2)c1Cl. The first-order valence-electron chi connectivity index (χ1n) is 5.99. The number of nitrogens with zero attached hydrogens (tertiary/aromatic N) is 2. The van der Waals surface area contributed by atoms with E-state index in [0.717, 1.165) is 35.0 Å². The van der Waals surface area contributed by atoms with Crippen molar-refractivity contribution >= 4 is 23.4 Å². The zero-order chi connectivity index (χ0) is 12.6. The summed E-state index contributed by atoms with van der Waals surface area (Å²) in [5.41, 5.74) is 1.26. The summed E-state index contributed by atoms with van der Waals surface area (Å²) in [4.78, 5) is 0. The first kappa shape index (κ1) is 13.2. The smallest absolute Gasteiger partial charge is 0.0850 e. The summed E-state index contributed by atoms with van der Waals surface area (Å²) >= 11 is 8.13. The standard InChI is InChI=1S/C12H19ClN2OS/c1-4-9-11(13)10(15(3)14-9)6-12(16)5-8(2)17-7-12/h8,16H,4-7H2,1-3H3. The van der Waals surface area contributed by atoms with Crippen LogP contribution in [0.25, 0.3) is 0 Å². The minimum Gasteiger partial charge on any atom is -0.389 e. The van der Waals surface area contributed by atoms with Gasteiger partial charge in [0.15, 0.2) is 0 Å². The molecule has 17 heavy (non-hydrogen) atoms. The second kappa shape index (κ2) is 4.82. The molecule has 3 nitrogen and oxygen atoms in total. The highest BCUT2D eigenvalue weighted by Crippen LogP contribution is 2.37. The van der Waals surface area contributed by atoms with E-state index >= 15 is 0 Å². The topological polar surface area (TPSA) is 38.0 Å². The molecule has 0 radical (unpaired) electrons. The van der Waals surface area contributed by atoms with E-state index in [1.165, 1.54) is 0 Å². The Labute approximate surface area is 112 Å². The quantitative estimate of drug-likeness (QED) is 0.920. The Kier molecular flexibility index (Phi) is 3.76. The molecule has 5 heteroatoms. The third-order valence-electron chi connectivity index (χ3n) is 3.30. The monoisotopic (exact) mass is 274 g/mol. The fourth-order valence-electron chi connectivity index (χ4n) is 2.40. The van der Waals surface area contributed by atoms with E-state index in [4.69, 9.17) is 11.6 Å². The number of hydrogen-bond acceptors (Lipinski definition) is 3. The Morgan fingerprint density at radius 1 is 1.65 bits per heavy atom. The van der Waals surface area contributed by atoms with Crippen molar-refractivity contribution in [2.24, 2.45) is 7.05 Å². The highest BCUT2D eigenvalue weighted by atomic mass is 35.5. The molecule has 1 saturated heterocycles. The number of aryl methyl sites for hydroxylation is 2. The third kappa shape index (κ3) is 2.64. The van der Waals surface area contributed by atoms with Crippen molar-refractivity contribution in [2.75, 3.05) is 5.75 Å². The van der Waals surface area contributed by atoms with Crippen molar-refractivity contribution in [3.63, 3.8) is 0 Å². The van der Waals surface area contributed by atoms with Gasteiger partial charge in [-0.15, -0.1) is 0 Å². The fraction of sp³-hybridized carbons (Fsp3) is 0.750. The fourth-order valence-corrected chi connectivity index (χ4v) is 4.00. The normalized spacial score (nSPS) is 28.9. The van der Waals surface area contributed by atoms with Gasteiger partial charge in [0, 0.05) is 24.5 Å². The predicted molar refractivity (Wildman–Crippen MR) is 72.8 cm³/mol. The molecule has 0 spiro atoms. The Morgan fingerprint density at radius 2 is 2.35 bits per heavy atom. The number of hydrogen-bond donors (Lipinski definition) is 1. The van der Waals surface area contributed by atoms with Gasteiger partial charge in [0.25, 0.3) is 0 Å². The Bertz CT molecular complexity index is 421. The molecule has 1 aliphatic rings. The summed E-state index contributed by atoms with van der Waals surface area (Å²) in [6.07, 6.45) is 2.27. The maximum atomic E-state index is 10.5. The van der Waals surface area contributed by atoms with Gasteiger partial charge in [-0.1, -0.05) is 25.4 Å². The molecule has 1 aromatic rings. The van der Waals surface area contributed by atoms with Crippen LogP contribution in [-0.4, -0.2) is 31.5 Å². The van der Waals surface area contributed by atoms with Crippen LogP contribution in [0.1, 0.15) is 31.7 Å².